The van der Waals surface area contributed by atoms with Gasteiger partial charge in [-0.3, -0.25) is 0 Å². The highest BCUT2D eigenvalue weighted by atomic mass is 32.2. The van der Waals surface area contributed by atoms with Crippen molar-refractivity contribution in [2.24, 2.45) is 0 Å². The van der Waals surface area contributed by atoms with Gasteiger partial charge in [-0.15, -0.1) is 10.2 Å². The van der Waals surface area contributed by atoms with Crippen molar-refractivity contribution in [3.63, 3.8) is 0 Å². The second-order valence-corrected chi connectivity index (χ2v) is 6.26. The SMILES string of the molecule is CSc1nnc(Sc2ccccc2C(=O)O)s1. The van der Waals surface area contributed by atoms with Crippen LogP contribution in [0.5, 0.6) is 0 Å². The minimum Gasteiger partial charge on any atom is -0.478 e. The third-order valence-electron chi connectivity index (χ3n) is 1.88. The van der Waals surface area contributed by atoms with Crippen molar-refractivity contribution < 1.29 is 9.90 Å². The van der Waals surface area contributed by atoms with Gasteiger partial charge in [0.05, 0.1) is 5.56 Å². The van der Waals surface area contributed by atoms with Gasteiger partial charge in [0.2, 0.25) is 0 Å². The Balaban J connectivity index is 2.26. The topological polar surface area (TPSA) is 63.1 Å². The first-order valence-electron chi connectivity index (χ1n) is 4.58. The fraction of sp³-hybridized carbons (Fsp3) is 0.100. The molecule has 88 valence electrons. The molecule has 1 N–H and O–H groups in total. The molecule has 0 saturated carbocycles. The molecule has 7 heteroatoms. The molecule has 0 aliphatic carbocycles. The summed E-state index contributed by atoms with van der Waals surface area (Å²) in [6.07, 6.45) is 1.93. The van der Waals surface area contributed by atoms with Gasteiger partial charge in [0, 0.05) is 4.90 Å². The Hall–Kier alpha value is -1.05. The van der Waals surface area contributed by atoms with Crippen LogP contribution in [0.25, 0.3) is 0 Å². The van der Waals surface area contributed by atoms with E-state index in [0.717, 1.165) is 8.68 Å². The van der Waals surface area contributed by atoms with Gasteiger partial charge in [-0.05, 0) is 18.4 Å². The maximum Gasteiger partial charge on any atom is 0.336 e. The van der Waals surface area contributed by atoms with E-state index in [-0.39, 0.29) is 0 Å². The van der Waals surface area contributed by atoms with Crippen LogP contribution in [0.2, 0.25) is 0 Å². The van der Waals surface area contributed by atoms with Crippen LogP contribution in [-0.2, 0) is 0 Å². The van der Waals surface area contributed by atoms with Crippen molar-refractivity contribution in [3.05, 3.63) is 29.8 Å². The lowest BCUT2D eigenvalue weighted by Crippen LogP contribution is -1.97. The molecule has 0 amide bonds. The van der Waals surface area contributed by atoms with Crippen molar-refractivity contribution in [1.82, 2.24) is 10.2 Å². The molecule has 2 aromatic rings. The van der Waals surface area contributed by atoms with Crippen LogP contribution in [0.3, 0.4) is 0 Å². The summed E-state index contributed by atoms with van der Waals surface area (Å²) in [5.41, 5.74) is 0.290. The van der Waals surface area contributed by atoms with Crippen LogP contribution >= 0.6 is 34.9 Å². The normalized spacial score (nSPS) is 10.4. The Morgan fingerprint density at radius 1 is 1.29 bits per heavy atom. The smallest absolute Gasteiger partial charge is 0.336 e. The van der Waals surface area contributed by atoms with Gasteiger partial charge in [0.15, 0.2) is 8.68 Å². The highest BCUT2D eigenvalue weighted by Crippen LogP contribution is 2.34. The van der Waals surface area contributed by atoms with Gasteiger partial charge >= 0.3 is 5.97 Å². The largest absolute Gasteiger partial charge is 0.478 e. The van der Waals surface area contributed by atoms with Crippen molar-refractivity contribution in [1.29, 1.82) is 0 Å². The monoisotopic (exact) mass is 284 g/mol. The predicted octanol–water partition coefficient (Wildman–Crippen LogP) is 3.11. The molecule has 1 aromatic carbocycles. The standard InChI is InChI=1S/C10H8N2O2S3/c1-15-9-11-12-10(17-9)16-7-5-3-2-4-6(7)8(13)14/h2-5H,1H3,(H,13,14). The van der Waals surface area contributed by atoms with Gasteiger partial charge in [-0.1, -0.05) is 47.0 Å². The third kappa shape index (κ3) is 2.99. The maximum atomic E-state index is 11.0. The van der Waals surface area contributed by atoms with Crippen LogP contribution in [0.15, 0.2) is 37.8 Å². The zero-order valence-corrected chi connectivity index (χ0v) is 11.2. The number of hydrogen-bond donors (Lipinski definition) is 1. The lowest BCUT2D eigenvalue weighted by Gasteiger charge is -2.01. The molecule has 17 heavy (non-hydrogen) atoms. The number of thioether (sulfide) groups is 1. The van der Waals surface area contributed by atoms with E-state index in [2.05, 4.69) is 10.2 Å². The molecule has 1 heterocycles. The summed E-state index contributed by atoms with van der Waals surface area (Å²) >= 11 is 4.31. The fourth-order valence-electron chi connectivity index (χ4n) is 1.15. The number of carbonyl (C=O) groups is 1. The van der Waals surface area contributed by atoms with E-state index in [9.17, 15) is 4.79 Å². The summed E-state index contributed by atoms with van der Waals surface area (Å²) in [6.45, 7) is 0. The van der Waals surface area contributed by atoms with Crippen molar-refractivity contribution in [3.8, 4) is 0 Å². The zero-order chi connectivity index (χ0) is 12.3. The summed E-state index contributed by atoms with van der Waals surface area (Å²) in [5.74, 6) is -0.928. The number of carboxylic acids is 1. The highest BCUT2D eigenvalue weighted by Gasteiger charge is 2.12. The quantitative estimate of drug-likeness (QED) is 0.870. The molecule has 0 bridgehead atoms. The molecular weight excluding hydrogens is 276 g/mol. The summed E-state index contributed by atoms with van der Waals surface area (Å²) in [6, 6.07) is 6.88. The molecule has 0 radical (unpaired) electrons. The number of aromatic carboxylic acids is 1. The number of rotatable bonds is 4. The second-order valence-electron chi connectivity index (χ2n) is 2.94. The van der Waals surface area contributed by atoms with Crippen LogP contribution in [-0.4, -0.2) is 27.5 Å². The molecule has 0 spiro atoms. The Bertz CT molecular complexity index is 542. The molecule has 0 fully saturated rings. The fourth-order valence-corrected chi connectivity index (χ4v) is 3.67. The van der Waals surface area contributed by atoms with Gasteiger partial charge in [-0.2, -0.15) is 0 Å². The zero-order valence-electron chi connectivity index (χ0n) is 8.78. The minimum atomic E-state index is -0.928. The van der Waals surface area contributed by atoms with Gasteiger partial charge in [-0.25, -0.2) is 4.79 Å². The average molecular weight is 284 g/mol. The molecule has 1 aromatic heterocycles. The average Bonchev–Trinajstić information content (AvgIpc) is 2.77. The molecule has 0 aliphatic heterocycles. The number of hydrogen-bond acceptors (Lipinski definition) is 6. The van der Waals surface area contributed by atoms with E-state index >= 15 is 0 Å². The predicted molar refractivity (Wildman–Crippen MR) is 69.2 cm³/mol. The highest BCUT2D eigenvalue weighted by molar-refractivity contribution is 8.03. The number of benzene rings is 1. The number of aromatic nitrogens is 2. The summed E-state index contributed by atoms with van der Waals surface area (Å²) in [7, 11) is 0. The Kier molecular flexibility index (Phi) is 4.03. The Morgan fingerprint density at radius 3 is 2.65 bits per heavy atom. The van der Waals surface area contributed by atoms with E-state index in [0.29, 0.717) is 10.5 Å². The van der Waals surface area contributed by atoms with E-state index in [1.54, 1.807) is 18.2 Å². The molecule has 0 unspecified atom stereocenters. The molecule has 4 nitrogen and oxygen atoms in total. The molecule has 0 aliphatic rings. The van der Waals surface area contributed by atoms with Crippen molar-refractivity contribution >= 4 is 40.8 Å². The summed E-state index contributed by atoms with van der Waals surface area (Å²) < 4.78 is 1.63. The lowest BCUT2D eigenvalue weighted by molar-refractivity contribution is 0.0693. The van der Waals surface area contributed by atoms with Gasteiger partial charge in [0.25, 0.3) is 0 Å². The van der Waals surface area contributed by atoms with Crippen molar-refractivity contribution in [2.75, 3.05) is 6.26 Å². The van der Waals surface area contributed by atoms with Crippen LogP contribution < -0.4 is 0 Å². The first-order valence-corrected chi connectivity index (χ1v) is 7.44. The Morgan fingerprint density at radius 2 is 2.00 bits per heavy atom. The first kappa shape index (κ1) is 12.4. The molecular formula is C10H8N2O2S3. The molecule has 2 rings (SSSR count). The van der Waals surface area contributed by atoms with Gasteiger partial charge in [0.1, 0.15) is 0 Å². The van der Waals surface area contributed by atoms with Crippen LogP contribution in [0, 0.1) is 0 Å². The van der Waals surface area contributed by atoms with E-state index in [4.69, 9.17) is 5.11 Å². The van der Waals surface area contributed by atoms with Crippen molar-refractivity contribution in [2.45, 2.75) is 13.6 Å². The third-order valence-corrected chi connectivity index (χ3v) is 4.90. The van der Waals surface area contributed by atoms with Crippen LogP contribution in [0.1, 0.15) is 10.4 Å². The maximum absolute atomic E-state index is 11.0. The Labute approximate surface area is 110 Å². The number of carboxylic acid groups (broad SMARTS) is 1. The summed E-state index contributed by atoms with van der Waals surface area (Å²) in [5, 5.41) is 17.0. The molecule has 0 saturated heterocycles. The van der Waals surface area contributed by atoms with E-state index < -0.39 is 5.97 Å². The summed E-state index contributed by atoms with van der Waals surface area (Å²) in [4.78, 5) is 11.7. The number of nitrogens with zero attached hydrogens (tertiary/aromatic N) is 2. The minimum absolute atomic E-state index is 0.290. The van der Waals surface area contributed by atoms with E-state index in [1.807, 2.05) is 12.3 Å². The first-order chi connectivity index (χ1) is 8.20. The van der Waals surface area contributed by atoms with Crippen LogP contribution in [0.4, 0.5) is 0 Å². The van der Waals surface area contributed by atoms with Gasteiger partial charge < -0.3 is 5.11 Å². The molecule has 0 atom stereocenters. The van der Waals surface area contributed by atoms with E-state index in [1.165, 1.54) is 34.9 Å². The second kappa shape index (κ2) is 5.52. The lowest BCUT2D eigenvalue weighted by atomic mass is 10.2.